The van der Waals surface area contributed by atoms with Crippen LogP contribution in [0.3, 0.4) is 0 Å². The molecule has 14 heavy (non-hydrogen) atoms. The zero-order valence-electron chi connectivity index (χ0n) is 7.44. The van der Waals surface area contributed by atoms with Gasteiger partial charge < -0.3 is 5.32 Å². The molecule has 0 bridgehead atoms. The molecule has 2 heterocycles. The first-order valence-corrected chi connectivity index (χ1v) is 4.45. The van der Waals surface area contributed by atoms with E-state index in [2.05, 4.69) is 20.5 Å². The number of nitrogens with zero attached hydrogens (tertiary/aromatic N) is 3. The van der Waals surface area contributed by atoms with Crippen molar-refractivity contribution >= 4 is 5.69 Å². The molecule has 1 aromatic heterocycles. The van der Waals surface area contributed by atoms with Crippen LogP contribution in [0.1, 0.15) is 5.69 Å². The molecule has 0 atom stereocenters. The Balaban J connectivity index is 2.29. The molecular weight excluding hydrogens is 176 g/mol. The number of anilines is 1. The lowest BCUT2D eigenvalue weighted by atomic mass is 10.0. The third kappa shape index (κ3) is 0.970. The van der Waals surface area contributed by atoms with Crippen molar-refractivity contribution in [1.82, 2.24) is 15.2 Å². The lowest BCUT2D eigenvalue weighted by Crippen LogP contribution is -2.12. The molecule has 0 amide bonds. The lowest BCUT2D eigenvalue weighted by molar-refractivity contribution is 0.901. The fourth-order valence-corrected chi connectivity index (χ4v) is 1.66. The fourth-order valence-electron chi connectivity index (χ4n) is 1.66. The quantitative estimate of drug-likeness (QED) is 0.673. The lowest BCUT2D eigenvalue weighted by Gasteiger charge is -2.18. The van der Waals surface area contributed by atoms with E-state index in [0.717, 1.165) is 29.2 Å². The third-order valence-corrected chi connectivity index (χ3v) is 2.32. The van der Waals surface area contributed by atoms with Gasteiger partial charge in [0.2, 0.25) is 0 Å². The van der Waals surface area contributed by atoms with E-state index in [1.807, 2.05) is 24.3 Å². The number of hydrogen-bond donors (Lipinski definition) is 1. The zero-order valence-corrected chi connectivity index (χ0v) is 7.44. The summed E-state index contributed by atoms with van der Waals surface area (Å²) in [5.74, 6) is 0. The summed E-state index contributed by atoms with van der Waals surface area (Å²) in [5, 5.41) is 11.2. The van der Waals surface area contributed by atoms with Crippen LogP contribution in [0.25, 0.3) is 11.3 Å². The first-order chi connectivity index (χ1) is 6.95. The number of hydrogen-bond acceptors (Lipinski definition) is 4. The Morgan fingerprint density at radius 3 is 3.14 bits per heavy atom. The highest BCUT2D eigenvalue weighted by Crippen LogP contribution is 2.31. The molecule has 0 saturated carbocycles. The molecular formula is C10H8N4. The SMILES string of the molecule is c1ccc2c(c1)NCc1ncnnc1-2. The Bertz CT molecular complexity index is 436. The molecule has 0 saturated heterocycles. The van der Waals surface area contributed by atoms with Crippen LogP contribution in [0.2, 0.25) is 0 Å². The highest BCUT2D eigenvalue weighted by atomic mass is 15.1. The molecule has 4 nitrogen and oxygen atoms in total. The molecule has 0 aliphatic carbocycles. The molecule has 1 N–H and O–H groups in total. The largest absolute Gasteiger partial charge is 0.379 e. The van der Waals surface area contributed by atoms with Crippen LogP contribution in [0, 0.1) is 0 Å². The van der Waals surface area contributed by atoms with Gasteiger partial charge in [0.05, 0.1) is 12.2 Å². The maximum absolute atomic E-state index is 4.18. The molecule has 1 aliphatic heterocycles. The summed E-state index contributed by atoms with van der Waals surface area (Å²) in [6.45, 7) is 0.724. The zero-order chi connectivity index (χ0) is 9.38. The molecule has 4 heteroatoms. The predicted molar refractivity (Wildman–Crippen MR) is 52.6 cm³/mol. The molecule has 0 unspecified atom stereocenters. The number of aromatic nitrogens is 3. The van der Waals surface area contributed by atoms with Crippen LogP contribution in [0.15, 0.2) is 30.6 Å². The third-order valence-electron chi connectivity index (χ3n) is 2.32. The normalized spacial score (nSPS) is 12.6. The minimum atomic E-state index is 0.724. The van der Waals surface area contributed by atoms with Gasteiger partial charge in [-0.25, -0.2) is 4.98 Å². The van der Waals surface area contributed by atoms with Crippen molar-refractivity contribution in [2.45, 2.75) is 6.54 Å². The van der Waals surface area contributed by atoms with E-state index in [9.17, 15) is 0 Å². The number of benzene rings is 1. The molecule has 1 aliphatic rings. The van der Waals surface area contributed by atoms with Crippen LogP contribution < -0.4 is 5.32 Å². The smallest absolute Gasteiger partial charge is 0.138 e. The summed E-state index contributed by atoms with van der Waals surface area (Å²) >= 11 is 0. The van der Waals surface area contributed by atoms with Crippen LogP contribution in [-0.2, 0) is 6.54 Å². The summed E-state index contributed by atoms with van der Waals surface area (Å²) in [6.07, 6.45) is 1.48. The van der Waals surface area contributed by atoms with Crippen LogP contribution in [0.4, 0.5) is 5.69 Å². The van der Waals surface area contributed by atoms with E-state index < -0.39 is 0 Å². The molecule has 68 valence electrons. The van der Waals surface area contributed by atoms with Gasteiger partial charge in [0.1, 0.15) is 12.0 Å². The molecule has 1 aromatic carbocycles. The maximum Gasteiger partial charge on any atom is 0.138 e. The number of nitrogens with one attached hydrogen (secondary N) is 1. The molecule has 0 radical (unpaired) electrons. The monoisotopic (exact) mass is 184 g/mol. The summed E-state index contributed by atoms with van der Waals surface area (Å²) < 4.78 is 0. The van der Waals surface area contributed by atoms with Gasteiger partial charge in [0, 0.05) is 11.3 Å². The Kier molecular flexibility index (Phi) is 1.47. The van der Waals surface area contributed by atoms with Crippen molar-refractivity contribution in [2.75, 3.05) is 5.32 Å². The number of fused-ring (bicyclic) bond motifs is 3. The minimum absolute atomic E-state index is 0.724. The average molecular weight is 184 g/mol. The van der Waals surface area contributed by atoms with Crippen molar-refractivity contribution in [3.8, 4) is 11.3 Å². The van der Waals surface area contributed by atoms with E-state index in [1.165, 1.54) is 6.33 Å². The van der Waals surface area contributed by atoms with Gasteiger partial charge >= 0.3 is 0 Å². The molecule has 3 rings (SSSR count). The first-order valence-electron chi connectivity index (χ1n) is 4.45. The van der Waals surface area contributed by atoms with Gasteiger partial charge in [0.15, 0.2) is 0 Å². The number of rotatable bonds is 0. The van der Waals surface area contributed by atoms with Crippen molar-refractivity contribution in [3.05, 3.63) is 36.3 Å². The van der Waals surface area contributed by atoms with Gasteiger partial charge in [0.25, 0.3) is 0 Å². The Hall–Kier alpha value is -1.97. The van der Waals surface area contributed by atoms with Gasteiger partial charge in [-0.05, 0) is 6.07 Å². The van der Waals surface area contributed by atoms with Gasteiger partial charge in [-0.15, -0.1) is 10.2 Å². The summed E-state index contributed by atoms with van der Waals surface area (Å²) in [5.41, 5.74) is 4.03. The molecule has 0 fully saturated rings. The van der Waals surface area contributed by atoms with E-state index in [4.69, 9.17) is 0 Å². The van der Waals surface area contributed by atoms with Crippen LogP contribution >= 0.6 is 0 Å². The molecule has 2 aromatic rings. The summed E-state index contributed by atoms with van der Waals surface area (Å²) in [6, 6.07) is 8.05. The van der Waals surface area contributed by atoms with Crippen LogP contribution in [0.5, 0.6) is 0 Å². The highest BCUT2D eigenvalue weighted by Gasteiger charge is 2.16. The fraction of sp³-hybridized carbons (Fsp3) is 0.100. The Labute approximate surface area is 81.0 Å². The van der Waals surface area contributed by atoms with Gasteiger partial charge in [-0.3, -0.25) is 0 Å². The van der Waals surface area contributed by atoms with Crippen molar-refractivity contribution in [2.24, 2.45) is 0 Å². The second-order valence-corrected chi connectivity index (χ2v) is 3.15. The Morgan fingerprint density at radius 1 is 1.21 bits per heavy atom. The van der Waals surface area contributed by atoms with Crippen LogP contribution in [-0.4, -0.2) is 15.2 Å². The summed E-state index contributed by atoms with van der Waals surface area (Å²) in [4.78, 5) is 4.18. The standard InChI is InChI=1S/C10H8N4/c1-2-4-8-7(3-1)10-9(5-11-8)12-6-13-14-10/h1-4,6,11H,5H2. The Morgan fingerprint density at radius 2 is 2.14 bits per heavy atom. The average Bonchev–Trinajstić information content (AvgIpc) is 2.29. The number of para-hydroxylation sites is 1. The van der Waals surface area contributed by atoms with Crippen molar-refractivity contribution in [1.29, 1.82) is 0 Å². The minimum Gasteiger partial charge on any atom is -0.379 e. The van der Waals surface area contributed by atoms with E-state index >= 15 is 0 Å². The van der Waals surface area contributed by atoms with E-state index in [0.29, 0.717) is 0 Å². The maximum atomic E-state index is 4.18. The molecule has 0 spiro atoms. The highest BCUT2D eigenvalue weighted by molar-refractivity contribution is 5.79. The second kappa shape index (κ2) is 2.77. The topological polar surface area (TPSA) is 50.7 Å². The van der Waals surface area contributed by atoms with E-state index in [-0.39, 0.29) is 0 Å². The van der Waals surface area contributed by atoms with Crippen molar-refractivity contribution in [3.63, 3.8) is 0 Å². The second-order valence-electron chi connectivity index (χ2n) is 3.15. The van der Waals surface area contributed by atoms with Gasteiger partial charge in [-0.1, -0.05) is 18.2 Å². The first kappa shape index (κ1) is 7.44. The summed E-state index contributed by atoms with van der Waals surface area (Å²) in [7, 11) is 0. The van der Waals surface area contributed by atoms with Crippen molar-refractivity contribution < 1.29 is 0 Å². The van der Waals surface area contributed by atoms with E-state index in [1.54, 1.807) is 0 Å². The predicted octanol–water partition coefficient (Wildman–Crippen LogP) is 1.46. The van der Waals surface area contributed by atoms with Gasteiger partial charge in [-0.2, -0.15) is 0 Å².